The molecule has 1 rings (SSSR count). The van der Waals surface area contributed by atoms with E-state index in [0.29, 0.717) is 5.56 Å². The summed E-state index contributed by atoms with van der Waals surface area (Å²) in [6.07, 6.45) is 0. The van der Waals surface area contributed by atoms with Crippen molar-refractivity contribution in [3.63, 3.8) is 0 Å². The highest BCUT2D eigenvalue weighted by Crippen LogP contribution is 2.32. The Morgan fingerprint density at radius 2 is 1.89 bits per heavy atom. The number of benzene rings is 1. The van der Waals surface area contributed by atoms with Gasteiger partial charge in [0.15, 0.2) is 11.6 Å². The SMILES string of the molecule is COC(=O)C(C)(C)[C@@H](N)c1ccc(F)c(F)c1.Cl. The number of ether oxygens (including phenoxy) is 1. The van der Waals surface area contributed by atoms with E-state index >= 15 is 0 Å². The minimum atomic E-state index is -1.01. The third-order valence-corrected chi connectivity index (χ3v) is 2.79. The highest BCUT2D eigenvalue weighted by Gasteiger charge is 2.36. The normalized spacial score (nSPS) is 12.6. The first kappa shape index (κ1) is 16.8. The van der Waals surface area contributed by atoms with Crippen molar-refractivity contribution in [3.8, 4) is 0 Å². The van der Waals surface area contributed by atoms with E-state index in [1.165, 1.54) is 13.2 Å². The van der Waals surface area contributed by atoms with Gasteiger partial charge in [-0.15, -0.1) is 12.4 Å². The zero-order chi connectivity index (χ0) is 13.2. The van der Waals surface area contributed by atoms with Crippen molar-refractivity contribution in [2.75, 3.05) is 7.11 Å². The highest BCUT2D eigenvalue weighted by molar-refractivity contribution is 5.85. The molecule has 2 N–H and O–H groups in total. The third-order valence-electron chi connectivity index (χ3n) is 2.79. The maximum Gasteiger partial charge on any atom is 0.313 e. The Morgan fingerprint density at radius 1 is 1.33 bits per heavy atom. The molecule has 0 amide bonds. The van der Waals surface area contributed by atoms with Crippen LogP contribution < -0.4 is 5.73 Å². The summed E-state index contributed by atoms with van der Waals surface area (Å²) in [4.78, 5) is 11.5. The van der Waals surface area contributed by atoms with Gasteiger partial charge in [-0.2, -0.15) is 0 Å². The molecule has 0 aromatic heterocycles. The molecule has 0 aliphatic heterocycles. The van der Waals surface area contributed by atoms with Crippen LogP contribution in [0.5, 0.6) is 0 Å². The van der Waals surface area contributed by atoms with E-state index in [2.05, 4.69) is 4.74 Å². The molecule has 1 aromatic carbocycles. The van der Waals surface area contributed by atoms with Crippen LogP contribution in [-0.4, -0.2) is 13.1 Å². The lowest BCUT2D eigenvalue weighted by atomic mass is 9.81. The minimum absolute atomic E-state index is 0. The molecule has 102 valence electrons. The zero-order valence-corrected chi connectivity index (χ0v) is 11.2. The number of carbonyl (C=O) groups is 1. The van der Waals surface area contributed by atoms with Gasteiger partial charge in [-0.1, -0.05) is 6.07 Å². The smallest absolute Gasteiger partial charge is 0.313 e. The summed E-state index contributed by atoms with van der Waals surface area (Å²) in [5.74, 6) is -2.44. The molecule has 18 heavy (non-hydrogen) atoms. The molecule has 0 saturated heterocycles. The van der Waals surface area contributed by atoms with E-state index in [-0.39, 0.29) is 12.4 Å². The van der Waals surface area contributed by atoms with Gasteiger partial charge in [0.05, 0.1) is 12.5 Å². The molecule has 0 aliphatic carbocycles. The second kappa shape index (κ2) is 6.11. The van der Waals surface area contributed by atoms with Gasteiger partial charge in [0, 0.05) is 6.04 Å². The largest absolute Gasteiger partial charge is 0.469 e. The van der Waals surface area contributed by atoms with E-state index in [0.717, 1.165) is 12.1 Å². The Bertz CT molecular complexity index is 438. The number of hydrogen-bond acceptors (Lipinski definition) is 3. The average Bonchev–Trinajstić information content (AvgIpc) is 2.30. The van der Waals surface area contributed by atoms with Crippen molar-refractivity contribution >= 4 is 18.4 Å². The van der Waals surface area contributed by atoms with Crippen molar-refractivity contribution in [2.45, 2.75) is 19.9 Å². The van der Waals surface area contributed by atoms with Crippen LogP contribution in [0.1, 0.15) is 25.5 Å². The van der Waals surface area contributed by atoms with Crippen LogP contribution in [0.15, 0.2) is 18.2 Å². The maximum absolute atomic E-state index is 13.1. The number of rotatable bonds is 3. The topological polar surface area (TPSA) is 52.3 Å². The Hall–Kier alpha value is -1.20. The van der Waals surface area contributed by atoms with Crippen molar-refractivity contribution < 1.29 is 18.3 Å². The maximum atomic E-state index is 13.1. The van der Waals surface area contributed by atoms with Gasteiger partial charge in [0.1, 0.15) is 0 Å². The predicted molar refractivity (Wildman–Crippen MR) is 66.3 cm³/mol. The quantitative estimate of drug-likeness (QED) is 0.865. The number of halogens is 3. The molecule has 0 spiro atoms. The van der Waals surface area contributed by atoms with Crippen molar-refractivity contribution in [1.29, 1.82) is 0 Å². The van der Waals surface area contributed by atoms with Crippen LogP contribution >= 0.6 is 12.4 Å². The zero-order valence-electron chi connectivity index (χ0n) is 10.4. The lowest BCUT2D eigenvalue weighted by Gasteiger charge is -2.28. The Kier molecular flexibility index (Phi) is 5.70. The third kappa shape index (κ3) is 3.17. The first-order chi connectivity index (χ1) is 7.80. The van der Waals surface area contributed by atoms with E-state index in [1.54, 1.807) is 13.8 Å². The van der Waals surface area contributed by atoms with Crippen molar-refractivity contribution in [1.82, 2.24) is 0 Å². The number of nitrogens with two attached hydrogens (primary N) is 1. The van der Waals surface area contributed by atoms with E-state index in [1.807, 2.05) is 0 Å². The molecule has 0 heterocycles. The van der Waals surface area contributed by atoms with Gasteiger partial charge in [-0.05, 0) is 31.5 Å². The molecule has 6 heteroatoms. The Balaban J connectivity index is 0.00000289. The fourth-order valence-electron chi connectivity index (χ4n) is 1.51. The molecule has 0 radical (unpaired) electrons. The molecular formula is C12H16ClF2NO2. The van der Waals surface area contributed by atoms with Gasteiger partial charge >= 0.3 is 5.97 Å². The second-order valence-corrected chi connectivity index (χ2v) is 4.36. The Morgan fingerprint density at radius 3 is 2.33 bits per heavy atom. The molecule has 1 atom stereocenters. The van der Waals surface area contributed by atoms with Gasteiger partial charge in [-0.25, -0.2) is 8.78 Å². The molecular weight excluding hydrogens is 264 g/mol. The van der Waals surface area contributed by atoms with Crippen molar-refractivity contribution in [3.05, 3.63) is 35.4 Å². The standard InChI is InChI=1S/C12H15F2NO2.ClH/c1-12(2,11(16)17-3)10(15)7-4-5-8(13)9(14)6-7;/h4-6,10H,15H2,1-3H3;1H/t10-;/m0./s1. The molecule has 0 saturated carbocycles. The molecule has 0 aliphatic rings. The fraction of sp³-hybridized carbons (Fsp3) is 0.417. The highest BCUT2D eigenvalue weighted by atomic mass is 35.5. The summed E-state index contributed by atoms with van der Waals surface area (Å²) in [5.41, 5.74) is 5.21. The predicted octanol–water partition coefficient (Wildman–Crippen LogP) is 2.59. The number of methoxy groups -OCH3 is 1. The monoisotopic (exact) mass is 279 g/mol. The summed E-state index contributed by atoms with van der Waals surface area (Å²) in [5, 5.41) is 0. The van der Waals surface area contributed by atoms with Crippen LogP contribution in [0.2, 0.25) is 0 Å². The lowest BCUT2D eigenvalue weighted by molar-refractivity contribution is -0.152. The number of carbonyl (C=O) groups excluding carboxylic acids is 1. The van der Waals surface area contributed by atoms with Crippen LogP contribution in [-0.2, 0) is 9.53 Å². The van der Waals surface area contributed by atoms with Gasteiger partial charge in [0.25, 0.3) is 0 Å². The summed E-state index contributed by atoms with van der Waals surface area (Å²) in [6.45, 7) is 3.18. The summed E-state index contributed by atoms with van der Waals surface area (Å²) in [6, 6.07) is 2.56. The average molecular weight is 280 g/mol. The van der Waals surface area contributed by atoms with Crippen LogP contribution in [0, 0.1) is 17.0 Å². The van der Waals surface area contributed by atoms with Crippen molar-refractivity contribution in [2.24, 2.45) is 11.1 Å². The number of esters is 1. The van der Waals surface area contributed by atoms with Crippen LogP contribution in [0.3, 0.4) is 0 Å². The van der Waals surface area contributed by atoms with Crippen LogP contribution in [0.4, 0.5) is 8.78 Å². The number of hydrogen-bond donors (Lipinski definition) is 1. The summed E-state index contributed by atoms with van der Waals surface area (Å²) < 4.78 is 30.5. The summed E-state index contributed by atoms with van der Waals surface area (Å²) >= 11 is 0. The molecule has 0 fully saturated rings. The van der Waals surface area contributed by atoms with E-state index in [9.17, 15) is 13.6 Å². The van der Waals surface area contributed by atoms with Crippen LogP contribution in [0.25, 0.3) is 0 Å². The Labute approximate surface area is 111 Å². The van der Waals surface area contributed by atoms with E-state index < -0.39 is 29.1 Å². The molecule has 1 aromatic rings. The fourth-order valence-corrected chi connectivity index (χ4v) is 1.51. The summed E-state index contributed by atoms with van der Waals surface area (Å²) in [7, 11) is 1.25. The van der Waals surface area contributed by atoms with Gasteiger partial charge < -0.3 is 10.5 Å². The van der Waals surface area contributed by atoms with Gasteiger partial charge in [-0.3, -0.25) is 4.79 Å². The first-order valence-corrected chi connectivity index (χ1v) is 5.09. The second-order valence-electron chi connectivity index (χ2n) is 4.36. The molecule has 0 unspecified atom stereocenters. The molecule has 3 nitrogen and oxygen atoms in total. The molecule has 0 bridgehead atoms. The lowest BCUT2D eigenvalue weighted by Crippen LogP contribution is -2.37. The minimum Gasteiger partial charge on any atom is -0.469 e. The van der Waals surface area contributed by atoms with E-state index in [4.69, 9.17) is 5.73 Å². The first-order valence-electron chi connectivity index (χ1n) is 5.09. The van der Waals surface area contributed by atoms with Gasteiger partial charge in [0.2, 0.25) is 0 Å².